The molecule has 2 atom stereocenters. The zero-order valence-electron chi connectivity index (χ0n) is 13.5. The van der Waals surface area contributed by atoms with E-state index >= 15 is 0 Å². The van der Waals surface area contributed by atoms with Gasteiger partial charge in [-0.05, 0) is 39.2 Å². The lowest BCUT2D eigenvalue weighted by Crippen LogP contribution is -2.32. The molecule has 4 nitrogen and oxygen atoms in total. The molecule has 0 amide bonds. The lowest BCUT2D eigenvalue weighted by molar-refractivity contribution is -0.0688. The van der Waals surface area contributed by atoms with Crippen molar-refractivity contribution in [1.82, 2.24) is 15.1 Å². The van der Waals surface area contributed by atoms with Gasteiger partial charge in [-0.2, -0.15) is 5.10 Å². The molecule has 4 heteroatoms. The zero-order valence-corrected chi connectivity index (χ0v) is 13.5. The first-order chi connectivity index (χ1) is 10.2. The summed E-state index contributed by atoms with van der Waals surface area (Å²) in [6, 6.07) is 0.410. The third-order valence-corrected chi connectivity index (χ3v) is 5.31. The molecule has 1 N–H and O–H groups in total. The molecule has 1 aromatic heterocycles. The zero-order chi connectivity index (χ0) is 14.7. The Morgan fingerprint density at radius 2 is 2.19 bits per heavy atom. The van der Waals surface area contributed by atoms with Crippen LogP contribution in [0.5, 0.6) is 0 Å². The number of ether oxygens (including phenoxy) is 1. The van der Waals surface area contributed by atoms with Crippen LogP contribution in [0.1, 0.15) is 69.9 Å². The van der Waals surface area contributed by atoms with Gasteiger partial charge in [-0.15, -0.1) is 0 Å². The minimum Gasteiger partial charge on any atom is -0.370 e. The number of hydrogen-bond donors (Lipinski definition) is 1. The summed E-state index contributed by atoms with van der Waals surface area (Å²) in [4.78, 5) is 0. The Morgan fingerprint density at radius 1 is 1.38 bits per heavy atom. The van der Waals surface area contributed by atoms with Crippen LogP contribution in [0.3, 0.4) is 0 Å². The largest absolute Gasteiger partial charge is 0.370 e. The Hall–Kier alpha value is -0.870. The minimum absolute atomic E-state index is 0.218. The molecule has 2 unspecified atom stereocenters. The van der Waals surface area contributed by atoms with E-state index in [1.54, 1.807) is 0 Å². The van der Waals surface area contributed by atoms with Crippen molar-refractivity contribution < 1.29 is 4.74 Å². The summed E-state index contributed by atoms with van der Waals surface area (Å²) >= 11 is 0. The molecular weight excluding hydrogens is 262 g/mol. The minimum atomic E-state index is 0.218. The first-order valence-corrected chi connectivity index (χ1v) is 8.62. The molecule has 0 bridgehead atoms. The maximum Gasteiger partial charge on any atom is 0.0779 e. The number of rotatable bonds is 5. The van der Waals surface area contributed by atoms with E-state index < -0.39 is 0 Å². The van der Waals surface area contributed by atoms with Crippen molar-refractivity contribution in [2.75, 3.05) is 7.05 Å². The normalized spacial score (nSPS) is 26.3. The fourth-order valence-electron chi connectivity index (χ4n) is 4.06. The van der Waals surface area contributed by atoms with Crippen molar-refractivity contribution in [3.8, 4) is 0 Å². The Balaban J connectivity index is 1.58. The van der Waals surface area contributed by atoms with E-state index in [2.05, 4.69) is 28.2 Å². The maximum atomic E-state index is 6.44. The molecule has 1 aliphatic heterocycles. The van der Waals surface area contributed by atoms with Gasteiger partial charge in [0.2, 0.25) is 0 Å². The van der Waals surface area contributed by atoms with Gasteiger partial charge in [0.05, 0.1) is 24.4 Å². The molecule has 1 saturated heterocycles. The number of hydrogen-bond acceptors (Lipinski definition) is 3. The summed E-state index contributed by atoms with van der Waals surface area (Å²) in [6.07, 6.45) is 14.7. The highest BCUT2D eigenvalue weighted by Crippen LogP contribution is 2.42. The molecule has 21 heavy (non-hydrogen) atoms. The Morgan fingerprint density at radius 3 is 2.90 bits per heavy atom. The van der Waals surface area contributed by atoms with Crippen molar-refractivity contribution >= 4 is 0 Å². The monoisotopic (exact) mass is 291 g/mol. The first-order valence-electron chi connectivity index (χ1n) is 8.62. The van der Waals surface area contributed by atoms with Gasteiger partial charge in [-0.25, -0.2) is 0 Å². The van der Waals surface area contributed by atoms with E-state index in [4.69, 9.17) is 4.74 Å². The predicted molar refractivity (Wildman–Crippen MR) is 84.2 cm³/mol. The molecule has 3 rings (SSSR count). The molecule has 1 spiro atoms. The van der Waals surface area contributed by atoms with Crippen LogP contribution < -0.4 is 5.32 Å². The van der Waals surface area contributed by atoms with E-state index in [0.29, 0.717) is 12.1 Å². The second kappa shape index (κ2) is 6.49. The van der Waals surface area contributed by atoms with Crippen LogP contribution in [-0.4, -0.2) is 28.5 Å². The SMILES string of the molecule is CCC(NC)c1cnn(CC2CCC3(CCCCC3)O2)c1. The molecular formula is C17H29N3O. The van der Waals surface area contributed by atoms with Crippen molar-refractivity contribution in [2.45, 2.75) is 82.6 Å². The average Bonchev–Trinajstić information content (AvgIpc) is 3.10. The van der Waals surface area contributed by atoms with Gasteiger partial charge in [0, 0.05) is 17.8 Å². The van der Waals surface area contributed by atoms with Crippen molar-refractivity contribution in [3.63, 3.8) is 0 Å². The molecule has 1 aromatic rings. The van der Waals surface area contributed by atoms with Gasteiger partial charge >= 0.3 is 0 Å². The topological polar surface area (TPSA) is 39.1 Å². The summed E-state index contributed by atoms with van der Waals surface area (Å²) < 4.78 is 8.51. The molecule has 0 aromatic carbocycles. The fraction of sp³-hybridized carbons (Fsp3) is 0.824. The van der Waals surface area contributed by atoms with Crippen molar-refractivity contribution in [3.05, 3.63) is 18.0 Å². The second-order valence-electron chi connectivity index (χ2n) is 6.77. The van der Waals surface area contributed by atoms with E-state index in [9.17, 15) is 0 Å². The summed E-state index contributed by atoms with van der Waals surface area (Å²) in [7, 11) is 2.01. The molecule has 118 valence electrons. The Kier molecular flexibility index (Phi) is 4.65. The third kappa shape index (κ3) is 3.32. The molecule has 2 heterocycles. The summed E-state index contributed by atoms with van der Waals surface area (Å²) in [5, 5.41) is 7.86. The lowest BCUT2D eigenvalue weighted by atomic mass is 9.83. The number of nitrogens with one attached hydrogen (secondary N) is 1. The second-order valence-corrected chi connectivity index (χ2v) is 6.77. The smallest absolute Gasteiger partial charge is 0.0779 e. The van der Waals surface area contributed by atoms with Gasteiger partial charge in [-0.3, -0.25) is 4.68 Å². The summed E-state index contributed by atoms with van der Waals surface area (Å²) in [6.45, 7) is 3.10. The lowest BCUT2D eigenvalue weighted by Gasteiger charge is -2.33. The fourth-order valence-corrected chi connectivity index (χ4v) is 4.06. The number of nitrogens with zero attached hydrogens (tertiary/aromatic N) is 2. The molecule has 2 fully saturated rings. The van der Waals surface area contributed by atoms with E-state index in [1.807, 2.05) is 13.2 Å². The summed E-state index contributed by atoms with van der Waals surface area (Å²) in [5.41, 5.74) is 1.50. The van der Waals surface area contributed by atoms with Crippen LogP contribution in [0.25, 0.3) is 0 Å². The first kappa shape index (κ1) is 15.0. The highest BCUT2D eigenvalue weighted by molar-refractivity contribution is 5.10. The van der Waals surface area contributed by atoms with E-state index in [-0.39, 0.29) is 5.60 Å². The Bertz CT molecular complexity index is 447. The number of aromatic nitrogens is 2. The van der Waals surface area contributed by atoms with Crippen LogP contribution in [0, 0.1) is 0 Å². The van der Waals surface area contributed by atoms with Gasteiger partial charge in [0.1, 0.15) is 0 Å². The molecule has 1 aliphatic carbocycles. The highest BCUT2D eigenvalue weighted by Gasteiger charge is 2.40. The van der Waals surface area contributed by atoms with Gasteiger partial charge in [-0.1, -0.05) is 26.2 Å². The third-order valence-electron chi connectivity index (χ3n) is 5.31. The van der Waals surface area contributed by atoms with Crippen LogP contribution in [0.4, 0.5) is 0 Å². The predicted octanol–water partition coefficient (Wildman–Crippen LogP) is 3.44. The van der Waals surface area contributed by atoms with Gasteiger partial charge in [0.15, 0.2) is 0 Å². The summed E-state index contributed by atoms with van der Waals surface area (Å²) in [5.74, 6) is 0. The molecule has 2 aliphatic rings. The van der Waals surface area contributed by atoms with Crippen molar-refractivity contribution in [1.29, 1.82) is 0 Å². The average molecular weight is 291 g/mol. The van der Waals surface area contributed by atoms with Crippen LogP contribution in [0.15, 0.2) is 12.4 Å². The van der Waals surface area contributed by atoms with Gasteiger partial charge < -0.3 is 10.1 Å². The maximum absolute atomic E-state index is 6.44. The van der Waals surface area contributed by atoms with Gasteiger partial charge in [0.25, 0.3) is 0 Å². The quantitative estimate of drug-likeness (QED) is 0.903. The van der Waals surface area contributed by atoms with Crippen LogP contribution in [0.2, 0.25) is 0 Å². The van der Waals surface area contributed by atoms with Crippen LogP contribution in [-0.2, 0) is 11.3 Å². The highest BCUT2D eigenvalue weighted by atomic mass is 16.5. The van der Waals surface area contributed by atoms with Crippen LogP contribution >= 0.6 is 0 Å². The standard InChI is InChI=1S/C17H29N3O/c1-3-16(18-2)14-11-19-20(12-14)13-15-7-10-17(21-15)8-5-4-6-9-17/h11-12,15-16,18H,3-10,13H2,1-2H3. The van der Waals surface area contributed by atoms with E-state index in [0.717, 1.165) is 13.0 Å². The Labute approximate surface area is 128 Å². The van der Waals surface area contributed by atoms with E-state index in [1.165, 1.54) is 50.5 Å². The van der Waals surface area contributed by atoms with Crippen molar-refractivity contribution in [2.24, 2.45) is 0 Å². The molecule has 1 saturated carbocycles. The molecule has 0 radical (unpaired) electrons.